The van der Waals surface area contributed by atoms with Crippen LogP contribution in [0.15, 0.2) is 24.3 Å². The number of benzene rings is 1. The number of nitrogens with one attached hydrogen (secondary N) is 1. The first-order valence-corrected chi connectivity index (χ1v) is 7.95. The quantitative estimate of drug-likeness (QED) is 0.845. The van der Waals surface area contributed by atoms with Crippen LogP contribution in [0, 0.1) is 11.7 Å². The molecule has 22 heavy (non-hydrogen) atoms. The van der Waals surface area contributed by atoms with E-state index in [1.165, 1.54) is 23.5 Å². The van der Waals surface area contributed by atoms with Crippen LogP contribution in [0.1, 0.15) is 31.7 Å². The van der Waals surface area contributed by atoms with Gasteiger partial charge in [-0.2, -0.15) is 0 Å². The molecule has 0 fully saturated rings. The zero-order valence-electron chi connectivity index (χ0n) is 12.5. The van der Waals surface area contributed by atoms with E-state index in [0.29, 0.717) is 15.9 Å². The van der Waals surface area contributed by atoms with Crippen molar-refractivity contribution < 1.29 is 13.9 Å². The number of aromatic nitrogens is 2. The van der Waals surface area contributed by atoms with Gasteiger partial charge in [0.2, 0.25) is 11.0 Å². The van der Waals surface area contributed by atoms with Gasteiger partial charge in [-0.3, -0.25) is 4.79 Å². The topological polar surface area (TPSA) is 64.1 Å². The summed E-state index contributed by atoms with van der Waals surface area (Å²) in [6.07, 6.45) is 1.59. The van der Waals surface area contributed by atoms with E-state index in [1.807, 2.05) is 13.8 Å². The average molecular weight is 323 g/mol. The van der Waals surface area contributed by atoms with E-state index in [0.717, 1.165) is 12.8 Å². The summed E-state index contributed by atoms with van der Waals surface area (Å²) in [6.45, 7) is 4.19. The van der Waals surface area contributed by atoms with Crippen LogP contribution in [-0.4, -0.2) is 16.1 Å². The van der Waals surface area contributed by atoms with E-state index < -0.39 is 0 Å². The van der Waals surface area contributed by atoms with E-state index >= 15 is 0 Å². The van der Waals surface area contributed by atoms with Gasteiger partial charge in [-0.25, -0.2) is 4.39 Å². The van der Waals surface area contributed by atoms with Crippen molar-refractivity contribution in [2.75, 3.05) is 5.32 Å². The minimum absolute atomic E-state index is 0.0113. The van der Waals surface area contributed by atoms with E-state index in [9.17, 15) is 9.18 Å². The molecule has 0 saturated heterocycles. The van der Waals surface area contributed by atoms with Gasteiger partial charge in [0, 0.05) is 5.92 Å². The van der Waals surface area contributed by atoms with Gasteiger partial charge in [-0.1, -0.05) is 25.2 Å². The molecule has 0 aliphatic heterocycles. The maximum atomic E-state index is 12.8. The number of halogens is 1. The molecule has 1 aromatic heterocycles. The highest BCUT2D eigenvalue weighted by Crippen LogP contribution is 2.20. The highest BCUT2D eigenvalue weighted by molar-refractivity contribution is 7.15. The fourth-order valence-corrected chi connectivity index (χ4v) is 2.56. The zero-order chi connectivity index (χ0) is 15.9. The zero-order valence-corrected chi connectivity index (χ0v) is 13.3. The molecular formula is C15H18FN3O2S. The minimum atomic E-state index is -0.310. The van der Waals surface area contributed by atoms with E-state index in [-0.39, 0.29) is 24.2 Å². The van der Waals surface area contributed by atoms with Gasteiger partial charge in [0.15, 0.2) is 5.01 Å². The Balaban J connectivity index is 1.88. The van der Waals surface area contributed by atoms with Gasteiger partial charge in [-0.05, 0) is 37.1 Å². The fourth-order valence-electron chi connectivity index (χ4n) is 1.91. The number of hydrogen-bond acceptors (Lipinski definition) is 5. The predicted octanol–water partition coefficient (Wildman–Crippen LogP) is 3.63. The van der Waals surface area contributed by atoms with Crippen molar-refractivity contribution in [2.24, 2.45) is 5.92 Å². The maximum absolute atomic E-state index is 12.8. The van der Waals surface area contributed by atoms with Crippen LogP contribution in [-0.2, 0) is 11.4 Å². The number of hydrogen-bond donors (Lipinski definition) is 1. The Morgan fingerprint density at radius 1 is 1.27 bits per heavy atom. The Morgan fingerprint density at radius 2 is 1.95 bits per heavy atom. The third kappa shape index (κ3) is 4.49. The van der Waals surface area contributed by atoms with E-state index in [4.69, 9.17) is 4.74 Å². The first-order chi connectivity index (χ1) is 10.6. The third-order valence-electron chi connectivity index (χ3n) is 3.23. The van der Waals surface area contributed by atoms with Crippen molar-refractivity contribution in [3.05, 3.63) is 35.1 Å². The number of nitrogens with zero attached hydrogens (tertiary/aromatic N) is 2. The smallest absolute Gasteiger partial charge is 0.229 e. The normalized spacial score (nSPS) is 10.7. The molecule has 0 aliphatic rings. The highest BCUT2D eigenvalue weighted by Gasteiger charge is 2.16. The van der Waals surface area contributed by atoms with Crippen LogP contribution in [0.2, 0.25) is 0 Å². The standard InChI is InChI=1S/C15H18FN3O2S/c1-3-10(4-2)14(20)17-15-19-18-13(22-15)9-21-12-7-5-11(16)6-8-12/h5-8,10H,3-4,9H2,1-2H3,(H,17,19,20). The Morgan fingerprint density at radius 3 is 2.59 bits per heavy atom. The summed E-state index contributed by atoms with van der Waals surface area (Å²) in [5.41, 5.74) is 0. The largest absolute Gasteiger partial charge is 0.486 e. The number of carbonyl (C=O) groups excluding carboxylic acids is 1. The van der Waals surface area contributed by atoms with Crippen molar-refractivity contribution in [3.63, 3.8) is 0 Å². The van der Waals surface area contributed by atoms with Crippen molar-refractivity contribution in [2.45, 2.75) is 33.3 Å². The van der Waals surface area contributed by atoms with Crippen molar-refractivity contribution in [1.82, 2.24) is 10.2 Å². The lowest BCUT2D eigenvalue weighted by atomic mass is 10.0. The molecule has 2 rings (SSSR count). The molecular weight excluding hydrogens is 305 g/mol. The lowest BCUT2D eigenvalue weighted by Crippen LogP contribution is -2.21. The fraction of sp³-hybridized carbons (Fsp3) is 0.400. The third-order valence-corrected chi connectivity index (χ3v) is 4.04. The molecule has 0 spiro atoms. The van der Waals surface area contributed by atoms with Crippen LogP contribution in [0.25, 0.3) is 0 Å². The predicted molar refractivity (Wildman–Crippen MR) is 83.3 cm³/mol. The summed E-state index contributed by atoms with van der Waals surface area (Å²) in [6, 6.07) is 5.76. The molecule has 1 heterocycles. The van der Waals surface area contributed by atoms with E-state index in [2.05, 4.69) is 15.5 Å². The molecule has 0 radical (unpaired) electrons. The summed E-state index contributed by atoms with van der Waals surface area (Å²) >= 11 is 1.27. The summed E-state index contributed by atoms with van der Waals surface area (Å²) < 4.78 is 18.3. The number of ether oxygens (including phenoxy) is 1. The molecule has 1 amide bonds. The molecule has 0 aliphatic carbocycles. The first kappa shape index (κ1) is 16.4. The molecule has 1 aromatic carbocycles. The molecule has 7 heteroatoms. The van der Waals surface area contributed by atoms with Gasteiger partial charge in [0.05, 0.1) is 0 Å². The Hall–Kier alpha value is -2.02. The molecule has 2 aromatic rings. The molecule has 0 atom stereocenters. The molecule has 1 N–H and O–H groups in total. The number of rotatable bonds is 7. The Kier molecular flexibility index (Phi) is 5.83. The second-order valence-electron chi connectivity index (χ2n) is 4.75. The average Bonchev–Trinajstić information content (AvgIpc) is 2.95. The second-order valence-corrected chi connectivity index (χ2v) is 5.81. The van der Waals surface area contributed by atoms with Crippen molar-refractivity contribution >= 4 is 22.4 Å². The monoisotopic (exact) mass is 323 g/mol. The maximum Gasteiger partial charge on any atom is 0.229 e. The molecule has 118 valence electrons. The van der Waals surface area contributed by atoms with Crippen LogP contribution in [0.3, 0.4) is 0 Å². The summed E-state index contributed by atoms with van der Waals surface area (Å²) in [7, 11) is 0. The molecule has 5 nitrogen and oxygen atoms in total. The van der Waals surface area contributed by atoms with Crippen molar-refractivity contribution in [3.8, 4) is 5.75 Å². The highest BCUT2D eigenvalue weighted by atomic mass is 32.1. The summed E-state index contributed by atoms with van der Waals surface area (Å²) in [5.74, 6) is 0.198. The molecule has 0 bridgehead atoms. The Bertz CT molecular complexity index is 612. The lowest BCUT2D eigenvalue weighted by molar-refractivity contribution is -0.120. The summed E-state index contributed by atoms with van der Waals surface area (Å²) in [4.78, 5) is 12.0. The van der Waals surface area contributed by atoms with Gasteiger partial charge < -0.3 is 10.1 Å². The molecule has 0 unspecified atom stereocenters. The van der Waals surface area contributed by atoms with E-state index in [1.54, 1.807) is 12.1 Å². The van der Waals surface area contributed by atoms with Gasteiger partial charge in [-0.15, -0.1) is 10.2 Å². The lowest BCUT2D eigenvalue weighted by Gasteiger charge is -2.09. The summed E-state index contributed by atoms with van der Waals surface area (Å²) in [5, 5.41) is 11.8. The van der Waals surface area contributed by atoms with Gasteiger partial charge >= 0.3 is 0 Å². The van der Waals surface area contributed by atoms with Crippen LogP contribution >= 0.6 is 11.3 Å². The second kappa shape index (κ2) is 7.84. The van der Waals surface area contributed by atoms with Crippen molar-refractivity contribution in [1.29, 1.82) is 0 Å². The first-order valence-electron chi connectivity index (χ1n) is 7.14. The number of anilines is 1. The number of carbonyl (C=O) groups is 1. The minimum Gasteiger partial charge on any atom is -0.486 e. The SMILES string of the molecule is CCC(CC)C(=O)Nc1nnc(COc2ccc(F)cc2)s1. The molecule has 0 saturated carbocycles. The Labute approximate surface area is 132 Å². The van der Waals surface area contributed by atoms with Gasteiger partial charge in [0.1, 0.15) is 18.2 Å². The van der Waals surface area contributed by atoms with Crippen LogP contribution < -0.4 is 10.1 Å². The van der Waals surface area contributed by atoms with Crippen LogP contribution in [0.4, 0.5) is 9.52 Å². The van der Waals surface area contributed by atoms with Crippen LogP contribution in [0.5, 0.6) is 5.75 Å². The van der Waals surface area contributed by atoms with Gasteiger partial charge in [0.25, 0.3) is 0 Å². The number of amides is 1.